The molecular formula is C17H19N5. The lowest BCUT2D eigenvalue weighted by Gasteiger charge is -2.20. The Kier molecular flexibility index (Phi) is 2.89. The maximum atomic E-state index is 4.50. The summed E-state index contributed by atoms with van der Waals surface area (Å²) in [5.74, 6) is 0. The van der Waals surface area contributed by atoms with Crippen molar-refractivity contribution in [3.63, 3.8) is 0 Å². The van der Waals surface area contributed by atoms with Crippen LogP contribution in [0.5, 0.6) is 0 Å². The van der Waals surface area contributed by atoms with Gasteiger partial charge in [-0.05, 0) is 37.8 Å². The van der Waals surface area contributed by atoms with Crippen molar-refractivity contribution >= 4 is 11.3 Å². The van der Waals surface area contributed by atoms with Crippen LogP contribution in [0.15, 0.2) is 36.7 Å². The largest absolute Gasteiger partial charge is 0.372 e. The van der Waals surface area contributed by atoms with Gasteiger partial charge in [-0.2, -0.15) is 9.61 Å². The quantitative estimate of drug-likeness (QED) is 0.803. The molecule has 0 spiro atoms. The highest BCUT2D eigenvalue weighted by Crippen LogP contribution is 2.48. The van der Waals surface area contributed by atoms with Crippen LogP contribution in [0.25, 0.3) is 5.65 Å². The van der Waals surface area contributed by atoms with Crippen LogP contribution in [-0.4, -0.2) is 19.8 Å². The summed E-state index contributed by atoms with van der Waals surface area (Å²) in [6.07, 6.45) is 4.83. The van der Waals surface area contributed by atoms with Crippen molar-refractivity contribution in [3.8, 4) is 0 Å². The van der Waals surface area contributed by atoms with Crippen LogP contribution in [0.3, 0.4) is 0 Å². The van der Waals surface area contributed by atoms with E-state index in [9.17, 15) is 0 Å². The Labute approximate surface area is 129 Å². The number of nitrogens with zero attached hydrogens (tertiary/aromatic N) is 4. The van der Waals surface area contributed by atoms with Crippen molar-refractivity contribution in [2.24, 2.45) is 0 Å². The molecule has 0 radical (unpaired) electrons. The second kappa shape index (κ2) is 4.80. The van der Waals surface area contributed by atoms with Crippen LogP contribution in [0.4, 0.5) is 5.69 Å². The number of hydrogen-bond donors (Lipinski definition) is 1. The minimum absolute atomic E-state index is 0.0342. The molecule has 1 aromatic carbocycles. The summed E-state index contributed by atoms with van der Waals surface area (Å²) in [7, 11) is 0. The number of aryl methyl sites for hydroxylation is 2. The molecule has 22 heavy (non-hydrogen) atoms. The second-order valence-corrected chi connectivity index (χ2v) is 6.08. The minimum atomic E-state index is 0.0342. The van der Waals surface area contributed by atoms with Crippen LogP contribution in [0, 0.1) is 6.92 Å². The van der Waals surface area contributed by atoms with E-state index in [2.05, 4.69) is 64.8 Å². The van der Waals surface area contributed by atoms with Gasteiger partial charge in [0.05, 0.1) is 16.9 Å². The first-order valence-electron chi connectivity index (χ1n) is 7.75. The van der Waals surface area contributed by atoms with Crippen molar-refractivity contribution in [1.82, 2.24) is 19.8 Å². The van der Waals surface area contributed by atoms with Crippen LogP contribution in [0.2, 0.25) is 0 Å². The highest BCUT2D eigenvalue weighted by atomic mass is 15.3. The number of rotatable bonds is 4. The molecular weight excluding hydrogens is 274 g/mol. The molecule has 5 heteroatoms. The number of benzene rings is 1. The van der Waals surface area contributed by atoms with Gasteiger partial charge in [0, 0.05) is 0 Å². The predicted octanol–water partition coefficient (Wildman–Crippen LogP) is 3.10. The molecule has 1 saturated carbocycles. The van der Waals surface area contributed by atoms with Gasteiger partial charge in [0.15, 0.2) is 0 Å². The van der Waals surface area contributed by atoms with Gasteiger partial charge in [-0.3, -0.25) is 0 Å². The van der Waals surface area contributed by atoms with E-state index in [1.165, 1.54) is 11.1 Å². The zero-order valence-electron chi connectivity index (χ0n) is 12.9. The Morgan fingerprint density at radius 1 is 1.23 bits per heavy atom. The number of fused-ring (bicyclic) bond motifs is 1. The molecule has 3 aromatic rings. The fraction of sp³-hybridized carbons (Fsp3) is 0.353. The topological polar surface area (TPSA) is 55.1 Å². The van der Waals surface area contributed by atoms with E-state index >= 15 is 0 Å². The summed E-state index contributed by atoms with van der Waals surface area (Å²) >= 11 is 0. The number of nitrogens with one attached hydrogen (secondary N) is 1. The van der Waals surface area contributed by atoms with E-state index in [1.807, 2.05) is 0 Å². The van der Waals surface area contributed by atoms with Crippen LogP contribution in [-0.2, 0) is 12.0 Å². The van der Waals surface area contributed by atoms with Crippen molar-refractivity contribution < 1.29 is 0 Å². The third kappa shape index (κ3) is 2.13. The summed E-state index contributed by atoms with van der Waals surface area (Å²) in [4.78, 5) is 0. The molecule has 1 fully saturated rings. The number of aromatic nitrogens is 4. The van der Waals surface area contributed by atoms with Gasteiger partial charge in [-0.15, -0.1) is 10.2 Å². The molecule has 0 amide bonds. The average Bonchev–Trinajstić information content (AvgIpc) is 3.15. The van der Waals surface area contributed by atoms with E-state index in [-0.39, 0.29) is 5.54 Å². The highest BCUT2D eigenvalue weighted by Gasteiger charge is 2.44. The summed E-state index contributed by atoms with van der Waals surface area (Å²) in [5.41, 5.74) is 5.50. The molecule has 5 nitrogen and oxygen atoms in total. The van der Waals surface area contributed by atoms with Gasteiger partial charge >= 0.3 is 0 Å². The first-order valence-corrected chi connectivity index (χ1v) is 7.75. The van der Waals surface area contributed by atoms with E-state index < -0.39 is 0 Å². The highest BCUT2D eigenvalue weighted by molar-refractivity contribution is 5.69. The summed E-state index contributed by atoms with van der Waals surface area (Å²) < 4.78 is 1.76. The van der Waals surface area contributed by atoms with Crippen LogP contribution in [0.1, 0.15) is 36.6 Å². The van der Waals surface area contributed by atoms with E-state index in [0.29, 0.717) is 0 Å². The summed E-state index contributed by atoms with van der Waals surface area (Å²) in [5, 5.41) is 16.4. The first-order chi connectivity index (χ1) is 10.7. The van der Waals surface area contributed by atoms with Gasteiger partial charge in [-0.25, -0.2) is 0 Å². The lowest BCUT2D eigenvalue weighted by atomic mass is 10.0. The van der Waals surface area contributed by atoms with Gasteiger partial charge in [0.1, 0.15) is 6.33 Å². The molecule has 112 valence electrons. The summed E-state index contributed by atoms with van der Waals surface area (Å²) in [6, 6.07) is 10.9. The number of anilines is 1. The van der Waals surface area contributed by atoms with Crippen molar-refractivity contribution in [3.05, 3.63) is 53.5 Å². The molecule has 2 heterocycles. The molecule has 0 atom stereocenters. The smallest absolute Gasteiger partial charge is 0.200 e. The van der Waals surface area contributed by atoms with Crippen LogP contribution >= 0.6 is 0 Å². The molecule has 1 aliphatic rings. The van der Waals surface area contributed by atoms with Gasteiger partial charge in [-0.1, -0.05) is 36.8 Å². The average molecular weight is 293 g/mol. The van der Waals surface area contributed by atoms with Crippen molar-refractivity contribution in [1.29, 1.82) is 0 Å². The Morgan fingerprint density at radius 2 is 2.00 bits per heavy atom. The third-order valence-corrected chi connectivity index (χ3v) is 4.41. The third-order valence-electron chi connectivity index (χ3n) is 4.41. The SMILES string of the molecule is CCc1cc(NC2(c3ccc(C)cc3)CC2)c2nncn2n1. The fourth-order valence-electron chi connectivity index (χ4n) is 2.88. The fourth-order valence-corrected chi connectivity index (χ4v) is 2.88. The Hall–Kier alpha value is -2.43. The molecule has 0 aliphatic heterocycles. The monoisotopic (exact) mass is 293 g/mol. The van der Waals surface area contributed by atoms with Gasteiger partial charge < -0.3 is 5.32 Å². The standard InChI is InChI=1S/C17H19N5/c1-3-14-10-15(16-20-18-11-22(16)21-14)19-17(8-9-17)13-6-4-12(2)5-7-13/h4-7,10-11,19H,3,8-9H2,1-2H3. The van der Waals surface area contributed by atoms with Crippen LogP contribution < -0.4 is 5.32 Å². The molecule has 0 saturated heterocycles. The Balaban J connectivity index is 1.74. The first kappa shape index (κ1) is 13.2. The molecule has 0 bridgehead atoms. The zero-order chi connectivity index (χ0) is 15.2. The lowest BCUT2D eigenvalue weighted by molar-refractivity contribution is 0.797. The maximum Gasteiger partial charge on any atom is 0.200 e. The van der Waals surface area contributed by atoms with E-state index in [4.69, 9.17) is 0 Å². The zero-order valence-corrected chi connectivity index (χ0v) is 12.9. The maximum absolute atomic E-state index is 4.50. The molecule has 2 aromatic heterocycles. The van der Waals surface area contributed by atoms with Gasteiger partial charge in [0.25, 0.3) is 0 Å². The van der Waals surface area contributed by atoms with Gasteiger partial charge in [0.2, 0.25) is 5.65 Å². The van der Waals surface area contributed by atoms with Crippen molar-refractivity contribution in [2.75, 3.05) is 5.32 Å². The summed E-state index contributed by atoms with van der Waals surface area (Å²) in [6.45, 7) is 4.22. The Bertz CT molecular complexity index is 815. The van der Waals surface area contributed by atoms with Crippen molar-refractivity contribution in [2.45, 2.75) is 38.6 Å². The number of hydrogen-bond acceptors (Lipinski definition) is 4. The molecule has 0 unspecified atom stereocenters. The Morgan fingerprint density at radius 3 is 2.68 bits per heavy atom. The van der Waals surface area contributed by atoms with E-state index in [1.54, 1.807) is 10.8 Å². The molecule has 4 rings (SSSR count). The van der Waals surface area contributed by atoms with E-state index in [0.717, 1.165) is 36.3 Å². The molecule has 1 N–H and O–H groups in total. The predicted molar refractivity (Wildman–Crippen MR) is 85.9 cm³/mol. The molecule has 1 aliphatic carbocycles. The lowest BCUT2D eigenvalue weighted by Crippen LogP contribution is -2.20. The second-order valence-electron chi connectivity index (χ2n) is 6.08. The normalized spacial score (nSPS) is 15.9. The minimum Gasteiger partial charge on any atom is -0.372 e.